The third-order valence-corrected chi connectivity index (χ3v) is 3.73. The third kappa shape index (κ3) is 3.16. The molecule has 19 heavy (non-hydrogen) atoms. The van der Waals surface area contributed by atoms with Crippen molar-refractivity contribution in [3.05, 3.63) is 35.4 Å². The van der Waals surface area contributed by atoms with Crippen molar-refractivity contribution in [3.63, 3.8) is 0 Å². The lowest BCUT2D eigenvalue weighted by atomic mass is 10.1. The van der Waals surface area contributed by atoms with Gasteiger partial charge in [0.05, 0.1) is 6.61 Å². The van der Waals surface area contributed by atoms with Gasteiger partial charge >= 0.3 is 0 Å². The number of carbonyl (C=O) groups is 1. The van der Waals surface area contributed by atoms with E-state index in [4.69, 9.17) is 4.74 Å². The fourth-order valence-corrected chi connectivity index (χ4v) is 2.09. The highest BCUT2D eigenvalue weighted by Gasteiger charge is 2.12. The second kappa shape index (κ2) is 5.91. The zero-order valence-corrected chi connectivity index (χ0v) is 11.8. The first-order valence-electron chi connectivity index (χ1n) is 6.82. The molecular formula is C16H21NO2. The van der Waals surface area contributed by atoms with Crippen LogP contribution in [0, 0.1) is 0 Å². The number of benzene rings is 1. The molecule has 1 unspecified atom stereocenters. The number of fused-ring (bicyclic) bond motifs is 1. The SMILES string of the molecule is CCC(C)N(C)C(=O)/C=C/c1ccc2c(c1)CCO2. The molecule has 3 heteroatoms. The van der Waals surface area contributed by atoms with Gasteiger partial charge < -0.3 is 9.64 Å². The molecule has 102 valence electrons. The van der Waals surface area contributed by atoms with Gasteiger partial charge in [0.2, 0.25) is 5.91 Å². The Balaban J connectivity index is 2.04. The summed E-state index contributed by atoms with van der Waals surface area (Å²) in [6, 6.07) is 6.32. The van der Waals surface area contributed by atoms with E-state index in [1.807, 2.05) is 25.3 Å². The molecule has 1 atom stereocenters. The second-order valence-electron chi connectivity index (χ2n) is 5.01. The minimum Gasteiger partial charge on any atom is -0.493 e. The zero-order valence-electron chi connectivity index (χ0n) is 11.8. The highest BCUT2D eigenvalue weighted by atomic mass is 16.5. The van der Waals surface area contributed by atoms with Crippen LogP contribution in [0.15, 0.2) is 24.3 Å². The molecule has 0 aromatic heterocycles. The van der Waals surface area contributed by atoms with E-state index in [0.29, 0.717) is 0 Å². The number of hydrogen-bond acceptors (Lipinski definition) is 2. The van der Waals surface area contributed by atoms with E-state index in [0.717, 1.165) is 30.8 Å². The van der Waals surface area contributed by atoms with Gasteiger partial charge in [-0.2, -0.15) is 0 Å². The molecule has 0 fully saturated rings. The second-order valence-corrected chi connectivity index (χ2v) is 5.01. The third-order valence-electron chi connectivity index (χ3n) is 3.73. The topological polar surface area (TPSA) is 29.5 Å². The summed E-state index contributed by atoms with van der Waals surface area (Å²) in [6.45, 7) is 4.90. The van der Waals surface area contributed by atoms with Crippen molar-refractivity contribution in [3.8, 4) is 5.75 Å². The summed E-state index contributed by atoms with van der Waals surface area (Å²) >= 11 is 0. The van der Waals surface area contributed by atoms with E-state index in [-0.39, 0.29) is 11.9 Å². The maximum atomic E-state index is 12.0. The monoisotopic (exact) mass is 259 g/mol. The number of hydrogen-bond donors (Lipinski definition) is 0. The number of amides is 1. The first-order chi connectivity index (χ1) is 9.11. The summed E-state index contributed by atoms with van der Waals surface area (Å²) in [6.07, 6.45) is 5.44. The lowest BCUT2D eigenvalue weighted by Gasteiger charge is -2.22. The van der Waals surface area contributed by atoms with Crippen LogP contribution in [0.25, 0.3) is 6.08 Å². The molecule has 2 rings (SSSR count). The van der Waals surface area contributed by atoms with Crippen LogP contribution in [0.5, 0.6) is 5.75 Å². The van der Waals surface area contributed by atoms with Gasteiger partial charge in [0.25, 0.3) is 0 Å². The van der Waals surface area contributed by atoms with Crippen LogP contribution in [0.2, 0.25) is 0 Å². The standard InChI is InChI=1S/C16H21NO2/c1-4-12(2)17(3)16(18)8-6-13-5-7-15-14(11-13)9-10-19-15/h5-8,11-12H,4,9-10H2,1-3H3/b8-6+. The lowest BCUT2D eigenvalue weighted by molar-refractivity contribution is -0.126. The van der Waals surface area contributed by atoms with Gasteiger partial charge in [-0.15, -0.1) is 0 Å². The van der Waals surface area contributed by atoms with Gasteiger partial charge in [-0.1, -0.05) is 13.0 Å². The zero-order chi connectivity index (χ0) is 13.8. The number of nitrogens with zero attached hydrogens (tertiary/aromatic N) is 1. The van der Waals surface area contributed by atoms with Gasteiger partial charge in [0.1, 0.15) is 5.75 Å². The van der Waals surface area contributed by atoms with Crippen molar-refractivity contribution in [1.29, 1.82) is 0 Å². The molecule has 0 bridgehead atoms. The van der Waals surface area contributed by atoms with Crippen LogP contribution >= 0.6 is 0 Å². The molecule has 1 amide bonds. The summed E-state index contributed by atoms with van der Waals surface area (Å²) in [5, 5.41) is 0. The van der Waals surface area contributed by atoms with Crippen LogP contribution in [0.1, 0.15) is 31.4 Å². The minimum atomic E-state index is 0.0473. The summed E-state index contributed by atoms with van der Waals surface area (Å²) < 4.78 is 5.46. The van der Waals surface area contributed by atoms with E-state index in [1.54, 1.807) is 11.0 Å². The van der Waals surface area contributed by atoms with E-state index >= 15 is 0 Å². The smallest absolute Gasteiger partial charge is 0.246 e. The summed E-state index contributed by atoms with van der Waals surface area (Å²) in [7, 11) is 1.84. The number of carbonyl (C=O) groups excluding carboxylic acids is 1. The molecule has 0 radical (unpaired) electrons. The maximum absolute atomic E-state index is 12.0. The normalized spacial score (nSPS) is 15.1. The lowest BCUT2D eigenvalue weighted by Crippen LogP contribution is -2.33. The molecule has 1 aromatic carbocycles. The Hall–Kier alpha value is -1.77. The number of rotatable bonds is 4. The molecule has 0 spiro atoms. The van der Waals surface area contributed by atoms with Crippen LogP contribution in [0.4, 0.5) is 0 Å². The molecule has 1 aliphatic heterocycles. The summed E-state index contributed by atoms with van der Waals surface area (Å²) in [5.41, 5.74) is 2.28. The molecule has 1 aromatic rings. The van der Waals surface area contributed by atoms with E-state index in [9.17, 15) is 4.79 Å². The molecule has 0 aliphatic carbocycles. The van der Waals surface area contributed by atoms with Crippen molar-refractivity contribution < 1.29 is 9.53 Å². The largest absolute Gasteiger partial charge is 0.493 e. The molecule has 0 N–H and O–H groups in total. The van der Waals surface area contributed by atoms with Crippen molar-refractivity contribution in [1.82, 2.24) is 4.90 Å². The van der Waals surface area contributed by atoms with Crippen LogP contribution in [-0.4, -0.2) is 30.5 Å². The van der Waals surface area contributed by atoms with Crippen molar-refractivity contribution in [2.45, 2.75) is 32.7 Å². The van der Waals surface area contributed by atoms with E-state index in [1.165, 1.54) is 5.56 Å². The quantitative estimate of drug-likeness (QED) is 0.778. The molecule has 1 aliphatic rings. The summed E-state index contributed by atoms with van der Waals surface area (Å²) in [5.74, 6) is 1.02. The average molecular weight is 259 g/mol. The highest BCUT2D eigenvalue weighted by Crippen LogP contribution is 2.26. The first kappa shape index (κ1) is 13.7. The van der Waals surface area contributed by atoms with Crippen molar-refractivity contribution in [2.75, 3.05) is 13.7 Å². The Kier molecular flexibility index (Phi) is 4.25. The Morgan fingerprint density at radius 3 is 3.05 bits per heavy atom. The Labute approximate surface area is 114 Å². The molecule has 0 saturated carbocycles. The molecule has 1 heterocycles. The Morgan fingerprint density at radius 1 is 1.53 bits per heavy atom. The maximum Gasteiger partial charge on any atom is 0.246 e. The van der Waals surface area contributed by atoms with Gasteiger partial charge in [0.15, 0.2) is 0 Å². The predicted octanol–water partition coefficient (Wildman–Crippen LogP) is 2.89. The Bertz CT molecular complexity index is 494. The number of likely N-dealkylation sites (N-methyl/N-ethyl adjacent to an activating group) is 1. The molecule has 3 nitrogen and oxygen atoms in total. The van der Waals surface area contributed by atoms with Crippen molar-refractivity contribution >= 4 is 12.0 Å². The van der Waals surface area contributed by atoms with E-state index in [2.05, 4.69) is 19.9 Å². The van der Waals surface area contributed by atoms with Crippen LogP contribution < -0.4 is 4.74 Å². The fourth-order valence-electron chi connectivity index (χ4n) is 2.09. The molecule has 0 saturated heterocycles. The summed E-state index contributed by atoms with van der Waals surface area (Å²) in [4.78, 5) is 13.7. The highest BCUT2D eigenvalue weighted by molar-refractivity contribution is 5.91. The Morgan fingerprint density at radius 2 is 2.32 bits per heavy atom. The van der Waals surface area contributed by atoms with Gasteiger partial charge in [-0.3, -0.25) is 4.79 Å². The van der Waals surface area contributed by atoms with Gasteiger partial charge in [0, 0.05) is 25.6 Å². The number of ether oxygens (including phenoxy) is 1. The first-order valence-corrected chi connectivity index (χ1v) is 6.82. The van der Waals surface area contributed by atoms with E-state index < -0.39 is 0 Å². The van der Waals surface area contributed by atoms with Crippen molar-refractivity contribution in [2.24, 2.45) is 0 Å². The average Bonchev–Trinajstić information content (AvgIpc) is 2.90. The fraction of sp³-hybridized carbons (Fsp3) is 0.438. The minimum absolute atomic E-state index is 0.0473. The van der Waals surface area contributed by atoms with Gasteiger partial charge in [-0.05, 0) is 42.7 Å². The molecular weight excluding hydrogens is 238 g/mol. The predicted molar refractivity (Wildman–Crippen MR) is 77.2 cm³/mol. The van der Waals surface area contributed by atoms with Crippen LogP contribution in [-0.2, 0) is 11.2 Å². The van der Waals surface area contributed by atoms with Gasteiger partial charge in [-0.25, -0.2) is 0 Å². The van der Waals surface area contributed by atoms with Crippen LogP contribution in [0.3, 0.4) is 0 Å².